The van der Waals surface area contributed by atoms with Crippen molar-refractivity contribution in [3.8, 4) is 0 Å². The Labute approximate surface area is 177 Å². The zero-order valence-corrected chi connectivity index (χ0v) is 17.8. The summed E-state index contributed by atoms with van der Waals surface area (Å²) in [6, 6.07) is 15.1. The van der Waals surface area contributed by atoms with Gasteiger partial charge in [0, 0.05) is 39.4 Å². The normalized spacial score (nSPS) is 15.3. The summed E-state index contributed by atoms with van der Waals surface area (Å²) in [6.45, 7) is 3.37. The van der Waals surface area contributed by atoms with E-state index >= 15 is 0 Å². The number of nitrogens with zero attached hydrogens (tertiary/aromatic N) is 2. The Hall–Kier alpha value is -2.90. The lowest BCUT2D eigenvalue weighted by Crippen LogP contribution is -2.44. The number of carbonyl (C=O) groups is 2. The third-order valence-electron chi connectivity index (χ3n) is 5.31. The number of nitrogens with one attached hydrogen (secondary N) is 1. The molecule has 1 unspecified atom stereocenters. The monoisotopic (exact) mass is 411 g/mol. The van der Waals surface area contributed by atoms with Crippen LogP contribution >= 0.6 is 0 Å². The lowest BCUT2D eigenvalue weighted by molar-refractivity contribution is 0.0162. The third-order valence-corrected chi connectivity index (χ3v) is 5.31. The summed E-state index contributed by atoms with van der Waals surface area (Å²) in [5.74, 6) is -0.816. The topological polar surface area (TPSA) is 71.1 Å². The molecule has 7 heteroatoms. The average Bonchev–Trinajstić information content (AvgIpc) is 2.79. The first kappa shape index (κ1) is 21.8. The van der Waals surface area contributed by atoms with Gasteiger partial charge >= 0.3 is 5.97 Å². The highest BCUT2D eigenvalue weighted by Crippen LogP contribution is 2.24. The van der Waals surface area contributed by atoms with Crippen LogP contribution in [0.5, 0.6) is 0 Å². The van der Waals surface area contributed by atoms with Crippen LogP contribution < -0.4 is 10.2 Å². The first-order chi connectivity index (χ1) is 14.5. The van der Waals surface area contributed by atoms with Gasteiger partial charge in [-0.1, -0.05) is 24.3 Å². The zero-order valence-electron chi connectivity index (χ0n) is 17.8. The van der Waals surface area contributed by atoms with Crippen LogP contribution in [0, 0.1) is 0 Å². The maximum Gasteiger partial charge on any atom is 0.338 e. The molecule has 1 aliphatic heterocycles. The molecule has 30 heavy (non-hydrogen) atoms. The number of benzene rings is 2. The number of esters is 1. The fourth-order valence-corrected chi connectivity index (χ4v) is 3.60. The Morgan fingerprint density at radius 2 is 1.70 bits per heavy atom. The molecule has 7 nitrogen and oxygen atoms in total. The van der Waals surface area contributed by atoms with E-state index in [0.29, 0.717) is 25.3 Å². The van der Waals surface area contributed by atoms with E-state index in [1.807, 2.05) is 14.1 Å². The minimum Gasteiger partial charge on any atom is -0.465 e. The van der Waals surface area contributed by atoms with Crippen LogP contribution in [0.4, 0.5) is 5.69 Å². The molecule has 1 aliphatic rings. The van der Waals surface area contributed by atoms with Crippen molar-refractivity contribution in [3.63, 3.8) is 0 Å². The molecule has 0 aliphatic carbocycles. The van der Waals surface area contributed by atoms with E-state index in [0.717, 1.165) is 24.3 Å². The molecule has 3 rings (SSSR count). The number of methoxy groups -OCH3 is 1. The highest BCUT2D eigenvalue weighted by Gasteiger charge is 2.24. The van der Waals surface area contributed by atoms with Crippen molar-refractivity contribution in [2.75, 3.05) is 59.0 Å². The van der Waals surface area contributed by atoms with Gasteiger partial charge in [-0.2, -0.15) is 0 Å². The number of morpholine rings is 1. The molecule has 1 saturated heterocycles. The summed E-state index contributed by atoms with van der Waals surface area (Å²) in [5, 5.41) is 3.01. The summed E-state index contributed by atoms with van der Waals surface area (Å²) in [5.41, 5.74) is 2.82. The van der Waals surface area contributed by atoms with Crippen molar-refractivity contribution >= 4 is 17.6 Å². The Bertz CT molecular complexity index is 861. The summed E-state index contributed by atoms with van der Waals surface area (Å²) in [7, 11) is 5.32. The van der Waals surface area contributed by atoms with Gasteiger partial charge in [0.2, 0.25) is 0 Å². The quantitative estimate of drug-likeness (QED) is 0.706. The molecule has 160 valence electrons. The molecule has 0 saturated carbocycles. The lowest BCUT2D eigenvalue weighted by Gasteiger charge is -2.35. The first-order valence-electron chi connectivity index (χ1n) is 10.1. The van der Waals surface area contributed by atoms with E-state index in [2.05, 4.69) is 39.4 Å². The van der Waals surface area contributed by atoms with Gasteiger partial charge in [-0.15, -0.1) is 0 Å². The number of amides is 1. The number of hydrogen-bond acceptors (Lipinski definition) is 6. The largest absolute Gasteiger partial charge is 0.465 e. The van der Waals surface area contributed by atoms with Crippen molar-refractivity contribution in [1.29, 1.82) is 0 Å². The Morgan fingerprint density at radius 1 is 1.07 bits per heavy atom. The molecule has 0 aromatic heterocycles. The molecule has 0 bridgehead atoms. The van der Waals surface area contributed by atoms with Crippen molar-refractivity contribution < 1.29 is 19.1 Å². The van der Waals surface area contributed by atoms with Crippen molar-refractivity contribution in [2.45, 2.75) is 6.04 Å². The van der Waals surface area contributed by atoms with Crippen LogP contribution in [-0.2, 0) is 9.47 Å². The van der Waals surface area contributed by atoms with Crippen LogP contribution in [0.25, 0.3) is 0 Å². The van der Waals surface area contributed by atoms with Crippen LogP contribution in [-0.4, -0.2) is 70.8 Å². The first-order valence-corrected chi connectivity index (χ1v) is 10.1. The predicted molar refractivity (Wildman–Crippen MR) is 116 cm³/mol. The SMILES string of the molecule is COC(=O)c1ccccc1C(=O)NCC(c1ccc(N(C)C)cc1)N1CCOCC1. The van der Waals surface area contributed by atoms with E-state index in [-0.39, 0.29) is 17.5 Å². The van der Waals surface area contributed by atoms with Gasteiger partial charge in [-0.05, 0) is 29.8 Å². The Morgan fingerprint density at radius 3 is 2.30 bits per heavy atom. The maximum atomic E-state index is 12.9. The smallest absolute Gasteiger partial charge is 0.338 e. The lowest BCUT2D eigenvalue weighted by atomic mass is 10.0. The second-order valence-corrected chi connectivity index (χ2v) is 7.40. The third kappa shape index (κ3) is 5.17. The molecule has 1 atom stereocenters. The molecule has 1 N–H and O–H groups in total. The fourth-order valence-electron chi connectivity index (χ4n) is 3.60. The summed E-state index contributed by atoms with van der Waals surface area (Å²) in [6.07, 6.45) is 0. The molecule has 1 amide bonds. The summed E-state index contributed by atoms with van der Waals surface area (Å²) < 4.78 is 10.3. The van der Waals surface area contributed by atoms with Crippen molar-refractivity contribution in [3.05, 3.63) is 65.2 Å². The zero-order chi connectivity index (χ0) is 21.5. The number of rotatable bonds is 7. The maximum absolute atomic E-state index is 12.9. The second kappa shape index (κ2) is 10.2. The van der Waals surface area contributed by atoms with Crippen LogP contribution in [0.3, 0.4) is 0 Å². The van der Waals surface area contributed by atoms with E-state index in [1.165, 1.54) is 7.11 Å². The van der Waals surface area contributed by atoms with E-state index in [4.69, 9.17) is 9.47 Å². The van der Waals surface area contributed by atoms with Crippen LogP contribution in [0.15, 0.2) is 48.5 Å². The van der Waals surface area contributed by atoms with E-state index in [9.17, 15) is 9.59 Å². The number of ether oxygens (including phenoxy) is 2. The Kier molecular flexibility index (Phi) is 7.43. The molecule has 0 radical (unpaired) electrons. The minimum atomic E-state index is -0.523. The average molecular weight is 412 g/mol. The van der Waals surface area contributed by atoms with Gasteiger partial charge in [0.1, 0.15) is 0 Å². The fraction of sp³-hybridized carbons (Fsp3) is 0.391. The molecule has 2 aromatic rings. The molecule has 1 heterocycles. The van der Waals surface area contributed by atoms with E-state index in [1.54, 1.807) is 24.3 Å². The van der Waals surface area contributed by atoms with Gasteiger partial charge in [0.15, 0.2) is 0 Å². The minimum absolute atomic E-state index is 0.0133. The Balaban J connectivity index is 1.78. The van der Waals surface area contributed by atoms with Crippen molar-refractivity contribution in [1.82, 2.24) is 10.2 Å². The van der Waals surface area contributed by atoms with Gasteiger partial charge < -0.3 is 19.7 Å². The molecular formula is C23H29N3O4. The molecule has 0 spiro atoms. The van der Waals surface area contributed by atoms with Crippen LogP contribution in [0.2, 0.25) is 0 Å². The highest BCUT2D eigenvalue weighted by molar-refractivity contribution is 6.05. The summed E-state index contributed by atoms with van der Waals surface area (Å²) in [4.78, 5) is 29.3. The van der Waals surface area contributed by atoms with Gasteiger partial charge in [-0.3, -0.25) is 9.69 Å². The van der Waals surface area contributed by atoms with E-state index < -0.39 is 5.97 Å². The van der Waals surface area contributed by atoms with Crippen molar-refractivity contribution in [2.24, 2.45) is 0 Å². The molecule has 2 aromatic carbocycles. The summed E-state index contributed by atoms with van der Waals surface area (Å²) >= 11 is 0. The highest BCUT2D eigenvalue weighted by atomic mass is 16.5. The van der Waals surface area contributed by atoms with Crippen LogP contribution in [0.1, 0.15) is 32.3 Å². The molecular weight excluding hydrogens is 382 g/mol. The van der Waals surface area contributed by atoms with Gasteiger partial charge in [0.05, 0.1) is 37.5 Å². The predicted octanol–water partition coefficient (Wildman–Crippen LogP) is 2.34. The standard InChI is InChI=1S/C23H29N3O4/c1-25(2)18-10-8-17(9-11-18)21(26-12-14-30-15-13-26)16-24-22(27)19-6-4-5-7-20(19)23(28)29-3/h4-11,21H,12-16H2,1-3H3,(H,24,27). The number of hydrogen-bond donors (Lipinski definition) is 1. The number of carbonyl (C=O) groups excluding carboxylic acids is 2. The number of anilines is 1. The van der Waals surface area contributed by atoms with Gasteiger partial charge in [-0.25, -0.2) is 4.79 Å². The van der Waals surface area contributed by atoms with Gasteiger partial charge in [0.25, 0.3) is 5.91 Å². The second-order valence-electron chi connectivity index (χ2n) is 7.40. The molecule has 1 fully saturated rings.